The molecule has 0 bridgehead atoms. The number of carbonyl (C=O) groups is 2. The van der Waals surface area contributed by atoms with Gasteiger partial charge in [-0.3, -0.25) is 0 Å². The summed E-state index contributed by atoms with van der Waals surface area (Å²) in [5.74, 6) is -0.874. The van der Waals surface area contributed by atoms with Crippen molar-refractivity contribution in [2.75, 3.05) is 26.4 Å². The highest BCUT2D eigenvalue weighted by molar-refractivity contribution is 5.89. The fourth-order valence-corrected chi connectivity index (χ4v) is 1.21. The van der Waals surface area contributed by atoms with Gasteiger partial charge in [0.05, 0.1) is 18.8 Å². The van der Waals surface area contributed by atoms with Crippen molar-refractivity contribution < 1.29 is 23.8 Å². The van der Waals surface area contributed by atoms with E-state index >= 15 is 0 Å². The monoisotopic (exact) mass is 264 g/mol. The highest BCUT2D eigenvalue weighted by Gasteiger charge is 2.05. The van der Waals surface area contributed by atoms with Crippen molar-refractivity contribution in [3.63, 3.8) is 0 Å². The maximum Gasteiger partial charge on any atom is 0.338 e. The van der Waals surface area contributed by atoms with Gasteiger partial charge in [-0.15, -0.1) is 0 Å². The van der Waals surface area contributed by atoms with E-state index in [-0.39, 0.29) is 32.4 Å². The molecule has 0 unspecified atom stereocenters. The first kappa shape index (κ1) is 14.9. The van der Waals surface area contributed by atoms with Crippen molar-refractivity contribution in [3.05, 3.63) is 48.6 Å². The zero-order chi connectivity index (χ0) is 13.9. The van der Waals surface area contributed by atoms with Gasteiger partial charge in [-0.25, -0.2) is 9.59 Å². The minimum Gasteiger partial charge on any atom is -0.460 e. The molecular weight excluding hydrogens is 248 g/mol. The number of hydrogen-bond acceptors (Lipinski definition) is 5. The summed E-state index contributed by atoms with van der Waals surface area (Å²) in [4.78, 5) is 22.2. The van der Waals surface area contributed by atoms with Crippen LogP contribution in [-0.4, -0.2) is 38.4 Å². The summed E-state index contributed by atoms with van der Waals surface area (Å²) in [6, 6.07) is 8.71. The molecule has 1 aromatic rings. The molecule has 0 radical (unpaired) electrons. The summed E-state index contributed by atoms with van der Waals surface area (Å²) < 4.78 is 14.8. The Labute approximate surface area is 111 Å². The second-order valence-electron chi connectivity index (χ2n) is 3.49. The molecule has 19 heavy (non-hydrogen) atoms. The van der Waals surface area contributed by atoms with Crippen LogP contribution in [0.2, 0.25) is 0 Å². The Balaban J connectivity index is 2.04. The molecule has 0 atom stereocenters. The normalized spacial score (nSPS) is 9.68. The van der Waals surface area contributed by atoms with E-state index in [1.165, 1.54) is 0 Å². The molecule has 1 rings (SSSR count). The maximum atomic E-state index is 11.5. The molecule has 102 valence electrons. The Hall–Kier alpha value is -2.14. The average Bonchev–Trinajstić information content (AvgIpc) is 2.46. The van der Waals surface area contributed by atoms with Crippen LogP contribution in [0.1, 0.15) is 10.4 Å². The summed E-state index contributed by atoms with van der Waals surface area (Å²) in [5.41, 5.74) is 0.502. The third-order valence-corrected chi connectivity index (χ3v) is 2.11. The molecule has 0 heterocycles. The van der Waals surface area contributed by atoms with Crippen molar-refractivity contribution in [1.82, 2.24) is 0 Å². The standard InChI is InChI=1S/C14H16O5/c1-2-13(15)18-10-8-17-9-11-19-14(16)12-6-4-3-5-7-12/h2-7H,1,8-11H2. The molecular formula is C14H16O5. The van der Waals surface area contributed by atoms with E-state index in [9.17, 15) is 9.59 Å². The number of esters is 2. The molecule has 0 N–H and O–H groups in total. The highest BCUT2D eigenvalue weighted by atomic mass is 16.6. The van der Waals surface area contributed by atoms with Crippen LogP contribution in [-0.2, 0) is 19.0 Å². The molecule has 5 heteroatoms. The molecule has 0 spiro atoms. The fourth-order valence-electron chi connectivity index (χ4n) is 1.21. The van der Waals surface area contributed by atoms with Crippen molar-refractivity contribution in [3.8, 4) is 0 Å². The Morgan fingerprint density at radius 1 is 1.00 bits per heavy atom. The number of carbonyl (C=O) groups excluding carboxylic acids is 2. The van der Waals surface area contributed by atoms with Crippen LogP contribution < -0.4 is 0 Å². The second-order valence-corrected chi connectivity index (χ2v) is 3.49. The predicted molar refractivity (Wildman–Crippen MR) is 68.7 cm³/mol. The van der Waals surface area contributed by atoms with Crippen LogP contribution >= 0.6 is 0 Å². The number of hydrogen-bond donors (Lipinski definition) is 0. The van der Waals surface area contributed by atoms with Gasteiger partial charge in [-0.05, 0) is 12.1 Å². The molecule has 0 saturated carbocycles. The van der Waals surface area contributed by atoms with Crippen molar-refractivity contribution in [2.24, 2.45) is 0 Å². The zero-order valence-corrected chi connectivity index (χ0v) is 10.5. The molecule has 0 aliphatic rings. The smallest absolute Gasteiger partial charge is 0.338 e. The summed E-state index contributed by atoms with van der Waals surface area (Å²) >= 11 is 0. The van der Waals surface area contributed by atoms with Gasteiger partial charge >= 0.3 is 11.9 Å². The topological polar surface area (TPSA) is 61.8 Å². The predicted octanol–water partition coefficient (Wildman–Crippen LogP) is 1.59. The zero-order valence-electron chi connectivity index (χ0n) is 10.5. The summed E-state index contributed by atoms with van der Waals surface area (Å²) in [6.45, 7) is 4.08. The first-order chi connectivity index (χ1) is 9.24. The van der Waals surface area contributed by atoms with Gasteiger partial charge in [0.25, 0.3) is 0 Å². The summed E-state index contributed by atoms with van der Waals surface area (Å²) in [5, 5.41) is 0. The van der Waals surface area contributed by atoms with E-state index in [4.69, 9.17) is 14.2 Å². The number of ether oxygens (including phenoxy) is 3. The molecule has 5 nitrogen and oxygen atoms in total. The second kappa shape index (κ2) is 8.88. The van der Waals surface area contributed by atoms with E-state index in [0.717, 1.165) is 6.08 Å². The van der Waals surface area contributed by atoms with E-state index < -0.39 is 5.97 Å². The van der Waals surface area contributed by atoms with Crippen LogP contribution in [0.25, 0.3) is 0 Å². The maximum absolute atomic E-state index is 11.5. The van der Waals surface area contributed by atoms with Gasteiger partial charge in [-0.1, -0.05) is 24.8 Å². The highest BCUT2D eigenvalue weighted by Crippen LogP contribution is 2.00. The van der Waals surface area contributed by atoms with E-state index in [1.807, 2.05) is 6.07 Å². The summed E-state index contributed by atoms with van der Waals surface area (Å²) in [6.07, 6.45) is 1.08. The summed E-state index contributed by atoms with van der Waals surface area (Å²) in [7, 11) is 0. The molecule has 0 aliphatic heterocycles. The Bertz CT molecular complexity index is 413. The molecule has 0 amide bonds. The number of rotatable bonds is 8. The first-order valence-electron chi connectivity index (χ1n) is 5.83. The van der Waals surface area contributed by atoms with E-state index in [0.29, 0.717) is 5.56 Å². The lowest BCUT2D eigenvalue weighted by atomic mass is 10.2. The average molecular weight is 264 g/mol. The fraction of sp³-hybridized carbons (Fsp3) is 0.286. The third-order valence-electron chi connectivity index (χ3n) is 2.11. The Morgan fingerprint density at radius 2 is 1.63 bits per heavy atom. The lowest BCUT2D eigenvalue weighted by Gasteiger charge is -2.06. The van der Waals surface area contributed by atoms with Gasteiger partial charge in [0.15, 0.2) is 0 Å². The van der Waals surface area contributed by atoms with Crippen molar-refractivity contribution >= 4 is 11.9 Å². The minimum atomic E-state index is -0.487. The van der Waals surface area contributed by atoms with Crippen molar-refractivity contribution in [1.29, 1.82) is 0 Å². The lowest BCUT2D eigenvalue weighted by molar-refractivity contribution is -0.139. The lowest BCUT2D eigenvalue weighted by Crippen LogP contribution is -2.14. The van der Waals surface area contributed by atoms with Crippen molar-refractivity contribution in [2.45, 2.75) is 0 Å². The quantitative estimate of drug-likeness (QED) is 0.405. The van der Waals surface area contributed by atoms with Gasteiger partial charge in [0.1, 0.15) is 13.2 Å². The Morgan fingerprint density at radius 3 is 2.26 bits per heavy atom. The molecule has 0 aliphatic carbocycles. The third kappa shape index (κ3) is 6.38. The van der Waals surface area contributed by atoms with Gasteiger partial charge in [-0.2, -0.15) is 0 Å². The van der Waals surface area contributed by atoms with Gasteiger partial charge in [0.2, 0.25) is 0 Å². The molecule has 0 aromatic heterocycles. The van der Waals surface area contributed by atoms with Crippen LogP contribution in [0.3, 0.4) is 0 Å². The van der Waals surface area contributed by atoms with Crippen LogP contribution in [0.4, 0.5) is 0 Å². The SMILES string of the molecule is C=CC(=O)OCCOCCOC(=O)c1ccccc1. The Kier molecular flexibility index (Phi) is 6.97. The largest absolute Gasteiger partial charge is 0.460 e. The van der Waals surface area contributed by atoms with E-state index in [2.05, 4.69) is 6.58 Å². The van der Waals surface area contributed by atoms with E-state index in [1.54, 1.807) is 24.3 Å². The first-order valence-corrected chi connectivity index (χ1v) is 5.83. The molecule has 0 fully saturated rings. The molecule has 1 aromatic carbocycles. The van der Waals surface area contributed by atoms with Gasteiger partial charge in [0, 0.05) is 6.08 Å². The van der Waals surface area contributed by atoms with Crippen LogP contribution in [0, 0.1) is 0 Å². The number of benzene rings is 1. The van der Waals surface area contributed by atoms with Gasteiger partial charge < -0.3 is 14.2 Å². The molecule has 0 saturated heterocycles. The van der Waals surface area contributed by atoms with Crippen LogP contribution in [0.5, 0.6) is 0 Å². The minimum absolute atomic E-state index is 0.150. The van der Waals surface area contributed by atoms with Crippen LogP contribution in [0.15, 0.2) is 43.0 Å².